The first kappa shape index (κ1) is 12.6. The summed E-state index contributed by atoms with van der Waals surface area (Å²) in [5.41, 5.74) is 2.39. The molecule has 2 rings (SSSR count). The van der Waals surface area contributed by atoms with Gasteiger partial charge in [-0.15, -0.1) is 0 Å². The molecule has 0 spiro atoms. The van der Waals surface area contributed by atoms with Crippen LogP contribution in [0.3, 0.4) is 0 Å². The normalized spacial score (nSPS) is 22.6. The zero-order valence-electron chi connectivity index (χ0n) is 11.1. The molecule has 0 aliphatic carbocycles. The quantitative estimate of drug-likeness (QED) is 0.870. The Labute approximate surface area is 103 Å². The van der Waals surface area contributed by atoms with E-state index in [4.69, 9.17) is 4.74 Å². The zero-order valence-corrected chi connectivity index (χ0v) is 11.1. The molecule has 2 unspecified atom stereocenters. The second-order valence-corrected chi connectivity index (χ2v) is 4.96. The van der Waals surface area contributed by atoms with E-state index >= 15 is 0 Å². The van der Waals surface area contributed by atoms with E-state index in [1.54, 1.807) is 0 Å². The predicted octanol–water partition coefficient (Wildman–Crippen LogP) is 1.95. The summed E-state index contributed by atoms with van der Waals surface area (Å²) in [6, 6.07) is 0.342. The third-order valence-electron chi connectivity index (χ3n) is 3.44. The Kier molecular flexibility index (Phi) is 4.18. The number of aromatic nitrogens is 2. The average molecular weight is 237 g/mol. The number of hydrogen-bond donors (Lipinski definition) is 1. The maximum atomic E-state index is 5.72. The first-order chi connectivity index (χ1) is 8.16. The highest BCUT2D eigenvalue weighted by Crippen LogP contribution is 2.17. The fourth-order valence-electron chi connectivity index (χ4n) is 2.43. The molecule has 2 atom stereocenters. The fourth-order valence-corrected chi connectivity index (χ4v) is 2.43. The van der Waals surface area contributed by atoms with E-state index in [0.29, 0.717) is 12.1 Å². The van der Waals surface area contributed by atoms with Crippen LogP contribution in [0, 0.1) is 6.92 Å². The molecule has 1 saturated heterocycles. The standard InChI is InChI=1S/C13H23N3O/c1-10(13-9-16(3)15-11(13)2)14-8-12-6-4-5-7-17-12/h9-10,12,14H,4-8H2,1-3H3. The summed E-state index contributed by atoms with van der Waals surface area (Å²) in [5, 5.41) is 7.92. The highest BCUT2D eigenvalue weighted by Gasteiger charge is 2.16. The predicted molar refractivity (Wildman–Crippen MR) is 68.0 cm³/mol. The lowest BCUT2D eigenvalue weighted by atomic mass is 10.1. The van der Waals surface area contributed by atoms with Gasteiger partial charge in [0.25, 0.3) is 0 Å². The minimum Gasteiger partial charge on any atom is -0.377 e. The third-order valence-corrected chi connectivity index (χ3v) is 3.44. The van der Waals surface area contributed by atoms with Crippen LogP contribution in [0.15, 0.2) is 6.20 Å². The monoisotopic (exact) mass is 237 g/mol. The van der Waals surface area contributed by atoms with Crippen molar-refractivity contribution in [2.45, 2.75) is 45.3 Å². The molecule has 1 aromatic heterocycles. The van der Waals surface area contributed by atoms with Gasteiger partial charge in [0.15, 0.2) is 0 Å². The molecule has 1 aromatic rings. The van der Waals surface area contributed by atoms with Crippen LogP contribution < -0.4 is 5.32 Å². The van der Waals surface area contributed by atoms with Gasteiger partial charge in [-0.1, -0.05) is 0 Å². The summed E-state index contributed by atoms with van der Waals surface area (Å²) in [4.78, 5) is 0. The molecule has 1 aliphatic rings. The highest BCUT2D eigenvalue weighted by atomic mass is 16.5. The van der Waals surface area contributed by atoms with Crippen molar-refractivity contribution in [2.75, 3.05) is 13.2 Å². The highest BCUT2D eigenvalue weighted by molar-refractivity contribution is 5.19. The molecule has 2 heterocycles. The zero-order chi connectivity index (χ0) is 12.3. The lowest BCUT2D eigenvalue weighted by molar-refractivity contribution is 0.0156. The maximum Gasteiger partial charge on any atom is 0.0699 e. The van der Waals surface area contributed by atoms with Gasteiger partial charge in [-0.2, -0.15) is 5.10 Å². The molecule has 0 bridgehead atoms. The molecule has 1 fully saturated rings. The topological polar surface area (TPSA) is 39.1 Å². The van der Waals surface area contributed by atoms with E-state index in [1.807, 2.05) is 11.7 Å². The Morgan fingerprint density at radius 3 is 3.00 bits per heavy atom. The van der Waals surface area contributed by atoms with Crippen LogP contribution in [-0.2, 0) is 11.8 Å². The summed E-state index contributed by atoms with van der Waals surface area (Å²) in [6.07, 6.45) is 6.18. The molecule has 4 heteroatoms. The molecule has 0 aromatic carbocycles. The van der Waals surface area contributed by atoms with Crippen LogP contribution in [0.4, 0.5) is 0 Å². The molecule has 4 nitrogen and oxygen atoms in total. The van der Waals surface area contributed by atoms with Crippen molar-refractivity contribution >= 4 is 0 Å². The Morgan fingerprint density at radius 1 is 1.59 bits per heavy atom. The number of ether oxygens (including phenoxy) is 1. The van der Waals surface area contributed by atoms with E-state index in [0.717, 1.165) is 18.8 Å². The van der Waals surface area contributed by atoms with Crippen molar-refractivity contribution in [3.8, 4) is 0 Å². The van der Waals surface area contributed by atoms with Crippen LogP contribution in [0.5, 0.6) is 0 Å². The van der Waals surface area contributed by atoms with Gasteiger partial charge in [0.2, 0.25) is 0 Å². The van der Waals surface area contributed by atoms with E-state index in [9.17, 15) is 0 Å². The van der Waals surface area contributed by atoms with Crippen molar-refractivity contribution in [2.24, 2.45) is 7.05 Å². The second-order valence-electron chi connectivity index (χ2n) is 4.96. The van der Waals surface area contributed by atoms with E-state index in [-0.39, 0.29) is 0 Å². The Balaban J connectivity index is 1.84. The van der Waals surface area contributed by atoms with Crippen LogP contribution in [0.2, 0.25) is 0 Å². The number of aryl methyl sites for hydroxylation is 2. The third kappa shape index (κ3) is 3.30. The van der Waals surface area contributed by atoms with Gasteiger partial charge in [0.1, 0.15) is 0 Å². The summed E-state index contributed by atoms with van der Waals surface area (Å²) in [7, 11) is 1.97. The number of nitrogens with one attached hydrogen (secondary N) is 1. The summed E-state index contributed by atoms with van der Waals surface area (Å²) >= 11 is 0. The fraction of sp³-hybridized carbons (Fsp3) is 0.769. The van der Waals surface area contributed by atoms with Gasteiger partial charge in [-0.05, 0) is 33.1 Å². The Bertz CT molecular complexity index is 356. The van der Waals surface area contributed by atoms with Gasteiger partial charge in [0, 0.05) is 38.0 Å². The number of nitrogens with zero attached hydrogens (tertiary/aromatic N) is 2. The molecule has 0 amide bonds. The van der Waals surface area contributed by atoms with Crippen molar-refractivity contribution in [3.05, 3.63) is 17.5 Å². The van der Waals surface area contributed by atoms with Gasteiger partial charge in [-0.25, -0.2) is 0 Å². The molecular formula is C13H23N3O. The summed E-state index contributed by atoms with van der Waals surface area (Å²) < 4.78 is 7.59. The minimum absolute atomic E-state index is 0.342. The molecule has 0 saturated carbocycles. The number of hydrogen-bond acceptors (Lipinski definition) is 3. The average Bonchev–Trinajstić information content (AvgIpc) is 2.67. The van der Waals surface area contributed by atoms with Crippen molar-refractivity contribution < 1.29 is 4.74 Å². The van der Waals surface area contributed by atoms with E-state index in [2.05, 4.69) is 30.5 Å². The lowest BCUT2D eigenvalue weighted by Crippen LogP contribution is -2.33. The molecule has 17 heavy (non-hydrogen) atoms. The first-order valence-electron chi connectivity index (χ1n) is 6.52. The van der Waals surface area contributed by atoms with Crippen LogP contribution in [-0.4, -0.2) is 29.0 Å². The van der Waals surface area contributed by atoms with Gasteiger partial charge in [-0.3, -0.25) is 4.68 Å². The molecule has 1 N–H and O–H groups in total. The van der Waals surface area contributed by atoms with Gasteiger partial charge < -0.3 is 10.1 Å². The van der Waals surface area contributed by atoms with Crippen LogP contribution in [0.25, 0.3) is 0 Å². The lowest BCUT2D eigenvalue weighted by Gasteiger charge is -2.24. The molecule has 96 valence electrons. The first-order valence-corrected chi connectivity index (χ1v) is 6.52. The van der Waals surface area contributed by atoms with Crippen LogP contribution in [0.1, 0.15) is 43.5 Å². The SMILES string of the molecule is Cc1nn(C)cc1C(C)NCC1CCCCO1. The Hall–Kier alpha value is -0.870. The van der Waals surface area contributed by atoms with Gasteiger partial charge in [0.05, 0.1) is 11.8 Å². The van der Waals surface area contributed by atoms with Crippen molar-refractivity contribution in [3.63, 3.8) is 0 Å². The molecule has 0 radical (unpaired) electrons. The summed E-state index contributed by atoms with van der Waals surface area (Å²) in [6.45, 7) is 6.11. The largest absolute Gasteiger partial charge is 0.377 e. The minimum atomic E-state index is 0.342. The van der Waals surface area contributed by atoms with Crippen molar-refractivity contribution in [1.29, 1.82) is 0 Å². The maximum absolute atomic E-state index is 5.72. The van der Waals surface area contributed by atoms with Crippen LogP contribution >= 0.6 is 0 Å². The smallest absolute Gasteiger partial charge is 0.0699 e. The Morgan fingerprint density at radius 2 is 2.41 bits per heavy atom. The van der Waals surface area contributed by atoms with E-state index < -0.39 is 0 Å². The van der Waals surface area contributed by atoms with Gasteiger partial charge >= 0.3 is 0 Å². The summed E-state index contributed by atoms with van der Waals surface area (Å²) in [5.74, 6) is 0. The van der Waals surface area contributed by atoms with E-state index in [1.165, 1.54) is 24.8 Å². The molecule has 1 aliphatic heterocycles. The van der Waals surface area contributed by atoms with Crippen molar-refractivity contribution in [1.82, 2.24) is 15.1 Å². The number of rotatable bonds is 4. The second kappa shape index (κ2) is 5.65. The molecular weight excluding hydrogens is 214 g/mol.